The van der Waals surface area contributed by atoms with Gasteiger partial charge in [-0.2, -0.15) is 5.26 Å². The average Bonchev–Trinajstić information content (AvgIpc) is 2.96. The van der Waals surface area contributed by atoms with Crippen molar-refractivity contribution in [2.24, 2.45) is 5.92 Å². The van der Waals surface area contributed by atoms with E-state index in [2.05, 4.69) is 24.3 Å². The lowest BCUT2D eigenvalue weighted by Crippen LogP contribution is -2.00. The smallest absolute Gasteiger partial charge is 0.0991 e. The van der Waals surface area contributed by atoms with Crippen LogP contribution in [0.15, 0.2) is 48.5 Å². The van der Waals surface area contributed by atoms with E-state index in [-0.39, 0.29) is 0 Å². The molecule has 2 unspecified atom stereocenters. The maximum atomic E-state index is 8.98. The van der Waals surface area contributed by atoms with Gasteiger partial charge in [0.15, 0.2) is 0 Å². The van der Waals surface area contributed by atoms with E-state index >= 15 is 0 Å². The molecule has 1 aliphatic carbocycles. The van der Waals surface area contributed by atoms with Crippen LogP contribution in [0, 0.1) is 17.2 Å². The van der Waals surface area contributed by atoms with Crippen LogP contribution in [0.2, 0.25) is 5.02 Å². The summed E-state index contributed by atoms with van der Waals surface area (Å²) in [5, 5.41) is 9.78. The van der Waals surface area contributed by atoms with Gasteiger partial charge in [-0.1, -0.05) is 35.9 Å². The van der Waals surface area contributed by atoms with Gasteiger partial charge in [0.25, 0.3) is 0 Å². The van der Waals surface area contributed by atoms with E-state index in [1.165, 1.54) is 30.4 Å². The quantitative estimate of drug-likeness (QED) is 0.750. The minimum Gasteiger partial charge on any atom is -0.192 e. The van der Waals surface area contributed by atoms with Crippen LogP contribution in [-0.2, 0) is 6.42 Å². The van der Waals surface area contributed by atoms with Crippen LogP contribution in [0.3, 0.4) is 0 Å². The molecule has 2 aromatic rings. The molecule has 0 amide bonds. The molecule has 0 spiro atoms. The third-order valence-corrected chi connectivity index (χ3v) is 4.72. The van der Waals surface area contributed by atoms with E-state index in [4.69, 9.17) is 16.9 Å². The molecule has 21 heavy (non-hydrogen) atoms. The number of nitrogens with zero attached hydrogens (tertiary/aromatic N) is 1. The normalized spacial score (nSPS) is 21.1. The molecular formula is C19H18ClN. The minimum absolute atomic E-state index is 0.659. The molecule has 106 valence electrons. The Labute approximate surface area is 131 Å². The highest BCUT2D eigenvalue weighted by atomic mass is 35.5. The van der Waals surface area contributed by atoms with Crippen LogP contribution in [-0.4, -0.2) is 0 Å². The molecule has 1 nitrogen and oxygen atoms in total. The van der Waals surface area contributed by atoms with Crippen LogP contribution in [0.1, 0.15) is 41.9 Å². The minimum atomic E-state index is 0.659. The number of hydrogen-bond acceptors (Lipinski definition) is 1. The molecule has 0 heterocycles. The molecule has 1 saturated carbocycles. The molecule has 2 atom stereocenters. The predicted octanol–water partition coefficient (Wildman–Crippen LogP) is 5.34. The van der Waals surface area contributed by atoms with Crippen molar-refractivity contribution in [2.75, 3.05) is 0 Å². The summed E-state index contributed by atoms with van der Waals surface area (Å²) >= 11 is 5.96. The summed E-state index contributed by atoms with van der Waals surface area (Å²) in [7, 11) is 0. The second-order valence-corrected chi connectivity index (χ2v) is 6.38. The number of nitriles is 1. The first-order valence-corrected chi connectivity index (χ1v) is 7.87. The van der Waals surface area contributed by atoms with Crippen LogP contribution in [0.4, 0.5) is 0 Å². The third kappa shape index (κ3) is 3.46. The van der Waals surface area contributed by atoms with Gasteiger partial charge in [0.05, 0.1) is 11.6 Å². The van der Waals surface area contributed by atoms with Crippen LogP contribution >= 0.6 is 11.6 Å². The van der Waals surface area contributed by atoms with Gasteiger partial charge in [-0.25, -0.2) is 0 Å². The first-order valence-electron chi connectivity index (χ1n) is 7.49. The van der Waals surface area contributed by atoms with Gasteiger partial charge in [0.1, 0.15) is 0 Å². The summed E-state index contributed by atoms with van der Waals surface area (Å²) in [5.41, 5.74) is 3.46. The second-order valence-electron chi connectivity index (χ2n) is 5.94. The molecule has 2 aromatic carbocycles. The Morgan fingerprint density at radius 3 is 2.67 bits per heavy atom. The van der Waals surface area contributed by atoms with Crippen molar-refractivity contribution in [1.29, 1.82) is 5.26 Å². The number of benzene rings is 2. The topological polar surface area (TPSA) is 23.8 Å². The van der Waals surface area contributed by atoms with E-state index in [1.807, 2.05) is 30.3 Å². The van der Waals surface area contributed by atoms with Crippen LogP contribution in [0.25, 0.3) is 0 Å². The Balaban J connectivity index is 1.64. The molecule has 0 N–H and O–H groups in total. The first-order chi connectivity index (χ1) is 10.2. The summed E-state index contributed by atoms with van der Waals surface area (Å²) in [6.45, 7) is 0. The van der Waals surface area contributed by atoms with Gasteiger partial charge in [-0.3, -0.25) is 0 Å². The maximum Gasteiger partial charge on any atom is 0.0991 e. The largest absolute Gasteiger partial charge is 0.192 e. The predicted molar refractivity (Wildman–Crippen MR) is 86.4 cm³/mol. The Morgan fingerprint density at radius 2 is 1.90 bits per heavy atom. The molecule has 3 rings (SSSR count). The second kappa shape index (κ2) is 6.33. The lowest BCUT2D eigenvalue weighted by Gasteiger charge is -2.12. The molecule has 0 radical (unpaired) electrons. The lowest BCUT2D eigenvalue weighted by molar-refractivity contribution is 0.536. The third-order valence-electron chi connectivity index (χ3n) is 4.46. The van der Waals surface area contributed by atoms with Gasteiger partial charge < -0.3 is 0 Å². The number of hydrogen-bond donors (Lipinski definition) is 0. The zero-order valence-corrected chi connectivity index (χ0v) is 12.7. The van der Waals surface area contributed by atoms with E-state index in [9.17, 15) is 0 Å². The van der Waals surface area contributed by atoms with E-state index in [0.29, 0.717) is 5.92 Å². The van der Waals surface area contributed by atoms with Crippen molar-refractivity contribution in [2.45, 2.75) is 31.6 Å². The monoisotopic (exact) mass is 295 g/mol. The zero-order valence-electron chi connectivity index (χ0n) is 11.9. The van der Waals surface area contributed by atoms with E-state index < -0.39 is 0 Å². The molecular weight excluding hydrogens is 278 g/mol. The van der Waals surface area contributed by atoms with Crippen molar-refractivity contribution in [3.63, 3.8) is 0 Å². The van der Waals surface area contributed by atoms with Crippen molar-refractivity contribution >= 4 is 11.6 Å². The standard InChI is InChI=1S/C19H18ClN/c20-19-8-6-17(7-9-19)18-5-4-15(12-18)10-14-2-1-3-16(11-14)13-21/h1-3,6-9,11,15,18H,4-5,10,12H2. The molecule has 0 saturated heterocycles. The van der Waals surface area contributed by atoms with Crippen molar-refractivity contribution < 1.29 is 0 Å². The lowest BCUT2D eigenvalue weighted by atomic mass is 9.93. The fourth-order valence-electron chi connectivity index (χ4n) is 3.40. The van der Waals surface area contributed by atoms with Crippen molar-refractivity contribution in [3.8, 4) is 6.07 Å². The van der Waals surface area contributed by atoms with Crippen LogP contribution in [0.5, 0.6) is 0 Å². The van der Waals surface area contributed by atoms with Gasteiger partial charge >= 0.3 is 0 Å². The maximum absolute atomic E-state index is 8.98. The van der Waals surface area contributed by atoms with E-state index in [1.54, 1.807) is 0 Å². The highest BCUT2D eigenvalue weighted by Crippen LogP contribution is 2.40. The molecule has 0 aliphatic heterocycles. The average molecular weight is 296 g/mol. The number of rotatable bonds is 3. The first kappa shape index (κ1) is 14.2. The molecule has 0 bridgehead atoms. The summed E-state index contributed by atoms with van der Waals surface area (Å²) in [6.07, 6.45) is 4.84. The number of halogens is 1. The molecule has 1 fully saturated rings. The molecule has 0 aromatic heterocycles. The highest BCUT2D eigenvalue weighted by molar-refractivity contribution is 6.30. The van der Waals surface area contributed by atoms with E-state index in [0.717, 1.165) is 22.9 Å². The fraction of sp³-hybridized carbons (Fsp3) is 0.316. The summed E-state index contributed by atoms with van der Waals surface area (Å²) in [6, 6.07) is 18.5. The fourth-order valence-corrected chi connectivity index (χ4v) is 3.53. The van der Waals surface area contributed by atoms with Gasteiger partial charge in [-0.05, 0) is 72.9 Å². The van der Waals surface area contributed by atoms with Gasteiger partial charge in [0.2, 0.25) is 0 Å². The summed E-state index contributed by atoms with van der Waals surface area (Å²) in [5.74, 6) is 1.38. The molecule has 2 heteroatoms. The summed E-state index contributed by atoms with van der Waals surface area (Å²) in [4.78, 5) is 0. The zero-order chi connectivity index (χ0) is 14.7. The summed E-state index contributed by atoms with van der Waals surface area (Å²) < 4.78 is 0. The Kier molecular flexibility index (Phi) is 4.27. The Morgan fingerprint density at radius 1 is 1.10 bits per heavy atom. The van der Waals surface area contributed by atoms with Crippen molar-refractivity contribution in [1.82, 2.24) is 0 Å². The van der Waals surface area contributed by atoms with Gasteiger partial charge in [-0.15, -0.1) is 0 Å². The van der Waals surface area contributed by atoms with Crippen LogP contribution < -0.4 is 0 Å². The Hall–Kier alpha value is -1.78. The van der Waals surface area contributed by atoms with Gasteiger partial charge in [0, 0.05) is 5.02 Å². The van der Waals surface area contributed by atoms with Crippen molar-refractivity contribution in [3.05, 3.63) is 70.2 Å². The highest BCUT2D eigenvalue weighted by Gasteiger charge is 2.25. The molecule has 1 aliphatic rings. The Bertz CT molecular complexity index is 654. The SMILES string of the molecule is N#Cc1cccc(CC2CCC(c3ccc(Cl)cc3)C2)c1.